The van der Waals surface area contributed by atoms with Crippen LogP contribution in [-0.4, -0.2) is 19.4 Å². The van der Waals surface area contributed by atoms with E-state index in [1.165, 1.54) is 25.2 Å². The van der Waals surface area contributed by atoms with Gasteiger partial charge >= 0.3 is 0 Å². The number of thiophene rings is 1. The molecular weight excluding hydrogens is 256 g/mol. The molecule has 17 heavy (non-hydrogen) atoms. The zero-order chi connectivity index (χ0) is 13.3. The smallest absolute Gasteiger partial charge is 0.158 e. The third-order valence-electron chi connectivity index (χ3n) is 2.72. The van der Waals surface area contributed by atoms with Crippen molar-refractivity contribution < 1.29 is 8.42 Å². The molecule has 0 bridgehead atoms. The van der Waals surface area contributed by atoms with Crippen LogP contribution in [0.2, 0.25) is 0 Å². The first-order chi connectivity index (χ1) is 7.71. The van der Waals surface area contributed by atoms with Crippen molar-refractivity contribution in [3.63, 3.8) is 0 Å². The standard InChI is InChI=1S/C11H14N2O2S2/c1-11(2,17(3,14)15)10(13)8(7-12)9-5-4-6-16-9/h4-6H,13H2,1-3H3/b10-8+. The number of sulfone groups is 1. The van der Waals surface area contributed by atoms with E-state index in [1.807, 2.05) is 11.4 Å². The fraction of sp³-hybridized carbons (Fsp3) is 0.364. The van der Waals surface area contributed by atoms with Gasteiger partial charge in [-0.05, 0) is 25.3 Å². The molecular formula is C11H14N2O2S2. The fourth-order valence-electron chi connectivity index (χ4n) is 1.17. The van der Waals surface area contributed by atoms with Crippen molar-refractivity contribution in [1.82, 2.24) is 0 Å². The summed E-state index contributed by atoms with van der Waals surface area (Å²) in [4.78, 5) is 0.682. The summed E-state index contributed by atoms with van der Waals surface area (Å²) in [5.74, 6) is 0. The number of rotatable bonds is 3. The summed E-state index contributed by atoms with van der Waals surface area (Å²) in [7, 11) is -3.38. The summed E-state index contributed by atoms with van der Waals surface area (Å²) in [5, 5.41) is 10.9. The highest BCUT2D eigenvalue weighted by molar-refractivity contribution is 7.92. The molecule has 1 rings (SSSR count). The Morgan fingerprint density at radius 2 is 2.12 bits per heavy atom. The molecule has 0 atom stereocenters. The Kier molecular flexibility index (Phi) is 3.65. The summed E-state index contributed by atoms with van der Waals surface area (Å²) in [6.45, 7) is 3.01. The van der Waals surface area contributed by atoms with Crippen molar-refractivity contribution in [2.45, 2.75) is 18.6 Å². The zero-order valence-corrected chi connectivity index (χ0v) is 11.5. The number of allylic oxidation sites excluding steroid dienone is 1. The minimum Gasteiger partial charge on any atom is -0.400 e. The number of nitrogens with two attached hydrogens (primary N) is 1. The van der Waals surface area contributed by atoms with Gasteiger partial charge in [0.05, 0.1) is 5.57 Å². The third kappa shape index (κ3) is 2.51. The maximum absolute atomic E-state index is 11.7. The number of nitrogens with zero attached hydrogens (tertiary/aromatic N) is 1. The molecule has 0 fully saturated rings. The molecule has 0 aliphatic carbocycles. The van der Waals surface area contributed by atoms with Gasteiger partial charge in [0.1, 0.15) is 10.8 Å². The van der Waals surface area contributed by atoms with Crippen molar-refractivity contribution in [2.24, 2.45) is 5.73 Å². The second-order valence-corrected chi connectivity index (χ2v) is 7.67. The summed E-state index contributed by atoms with van der Waals surface area (Å²) < 4.78 is 22.1. The Labute approximate surface area is 105 Å². The van der Waals surface area contributed by atoms with Gasteiger partial charge in [-0.15, -0.1) is 11.3 Å². The summed E-state index contributed by atoms with van der Waals surface area (Å²) in [6, 6.07) is 5.52. The van der Waals surface area contributed by atoms with Crippen LogP contribution >= 0.6 is 11.3 Å². The van der Waals surface area contributed by atoms with Crippen LogP contribution in [0, 0.1) is 11.3 Å². The lowest BCUT2D eigenvalue weighted by Crippen LogP contribution is -2.37. The molecule has 2 N–H and O–H groups in total. The molecule has 0 aromatic carbocycles. The molecule has 0 saturated carbocycles. The number of hydrogen-bond donors (Lipinski definition) is 1. The lowest BCUT2D eigenvalue weighted by Gasteiger charge is -2.24. The van der Waals surface area contributed by atoms with Crippen molar-refractivity contribution in [1.29, 1.82) is 5.26 Å². The summed E-state index contributed by atoms with van der Waals surface area (Å²) >= 11 is 1.36. The minimum atomic E-state index is -3.38. The van der Waals surface area contributed by atoms with Crippen LogP contribution in [0.15, 0.2) is 23.2 Å². The average Bonchev–Trinajstić information content (AvgIpc) is 2.70. The predicted molar refractivity (Wildman–Crippen MR) is 70.0 cm³/mol. The highest BCUT2D eigenvalue weighted by atomic mass is 32.2. The van der Waals surface area contributed by atoms with E-state index in [-0.39, 0.29) is 11.3 Å². The van der Waals surface area contributed by atoms with E-state index in [4.69, 9.17) is 11.0 Å². The first kappa shape index (κ1) is 13.7. The molecule has 0 amide bonds. The highest BCUT2D eigenvalue weighted by Crippen LogP contribution is 2.30. The SMILES string of the molecule is CC(C)(/C(N)=C(/C#N)c1cccs1)S(C)(=O)=O. The van der Waals surface area contributed by atoms with Crippen LogP contribution in [0.1, 0.15) is 18.7 Å². The fourth-order valence-corrected chi connectivity index (χ4v) is 2.41. The number of nitriles is 1. The lowest BCUT2D eigenvalue weighted by atomic mass is 10.0. The van der Waals surface area contributed by atoms with Crippen molar-refractivity contribution in [3.05, 3.63) is 28.1 Å². The Balaban J connectivity index is 3.45. The van der Waals surface area contributed by atoms with Crippen LogP contribution in [0.3, 0.4) is 0 Å². The van der Waals surface area contributed by atoms with Crippen LogP contribution in [0.25, 0.3) is 5.57 Å². The van der Waals surface area contributed by atoms with Gasteiger partial charge in [-0.1, -0.05) is 6.07 Å². The van der Waals surface area contributed by atoms with Crippen molar-refractivity contribution in [3.8, 4) is 6.07 Å². The van der Waals surface area contributed by atoms with Crippen LogP contribution in [-0.2, 0) is 9.84 Å². The molecule has 6 heteroatoms. The first-order valence-corrected chi connectivity index (χ1v) is 7.62. The van der Waals surface area contributed by atoms with Crippen LogP contribution in [0.4, 0.5) is 0 Å². The molecule has 0 unspecified atom stereocenters. The normalized spacial score (nSPS) is 14.0. The maximum atomic E-state index is 11.7. The van der Waals surface area contributed by atoms with E-state index in [1.54, 1.807) is 12.1 Å². The summed E-state index contributed by atoms with van der Waals surface area (Å²) in [6.07, 6.45) is 1.11. The largest absolute Gasteiger partial charge is 0.400 e. The first-order valence-electron chi connectivity index (χ1n) is 4.85. The van der Waals surface area contributed by atoms with Crippen LogP contribution in [0.5, 0.6) is 0 Å². The Bertz CT molecular complexity index is 575. The van der Waals surface area contributed by atoms with Gasteiger partial charge in [-0.3, -0.25) is 0 Å². The molecule has 92 valence electrons. The van der Waals surface area contributed by atoms with E-state index in [0.29, 0.717) is 4.88 Å². The molecule has 0 aliphatic rings. The maximum Gasteiger partial charge on any atom is 0.158 e. The second-order valence-electron chi connectivity index (χ2n) is 4.16. The van der Waals surface area contributed by atoms with E-state index >= 15 is 0 Å². The van der Waals surface area contributed by atoms with Gasteiger partial charge < -0.3 is 5.73 Å². The minimum absolute atomic E-state index is 0.0879. The van der Waals surface area contributed by atoms with Gasteiger partial charge in [0, 0.05) is 16.8 Å². The van der Waals surface area contributed by atoms with Crippen molar-refractivity contribution >= 4 is 26.7 Å². The van der Waals surface area contributed by atoms with E-state index in [0.717, 1.165) is 6.26 Å². The average molecular weight is 270 g/mol. The monoisotopic (exact) mass is 270 g/mol. The lowest BCUT2D eigenvalue weighted by molar-refractivity contribution is 0.572. The molecule has 0 spiro atoms. The third-order valence-corrected chi connectivity index (χ3v) is 5.69. The van der Waals surface area contributed by atoms with Crippen LogP contribution < -0.4 is 5.73 Å². The van der Waals surface area contributed by atoms with Crippen molar-refractivity contribution in [2.75, 3.05) is 6.26 Å². The van der Waals surface area contributed by atoms with Gasteiger partial charge in [-0.2, -0.15) is 5.26 Å². The highest BCUT2D eigenvalue weighted by Gasteiger charge is 2.35. The molecule has 0 aliphatic heterocycles. The molecule has 1 aromatic heterocycles. The Morgan fingerprint density at radius 1 is 1.53 bits per heavy atom. The van der Waals surface area contributed by atoms with Gasteiger partial charge in [-0.25, -0.2) is 8.42 Å². The molecule has 4 nitrogen and oxygen atoms in total. The predicted octanol–water partition coefficient (Wildman–Crippen LogP) is 1.76. The Morgan fingerprint density at radius 3 is 2.47 bits per heavy atom. The van der Waals surface area contributed by atoms with Gasteiger partial charge in [0.15, 0.2) is 9.84 Å². The number of hydrogen-bond acceptors (Lipinski definition) is 5. The topological polar surface area (TPSA) is 83.9 Å². The second kappa shape index (κ2) is 4.51. The molecule has 1 heterocycles. The molecule has 0 saturated heterocycles. The van der Waals surface area contributed by atoms with E-state index in [2.05, 4.69) is 0 Å². The molecule has 1 aromatic rings. The van der Waals surface area contributed by atoms with Gasteiger partial charge in [0.2, 0.25) is 0 Å². The molecule has 0 radical (unpaired) electrons. The van der Waals surface area contributed by atoms with Gasteiger partial charge in [0.25, 0.3) is 0 Å². The Hall–Kier alpha value is -1.32. The summed E-state index contributed by atoms with van der Waals surface area (Å²) in [5.41, 5.74) is 6.19. The quantitative estimate of drug-likeness (QED) is 0.848. The zero-order valence-electron chi connectivity index (χ0n) is 9.89. The van der Waals surface area contributed by atoms with E-state index in [9.17, 15) is 8.42 Å². The van der Waals surface area contributed by atoms with E-state index < -0.39 is 14.6 Å².